The fourth-order valence-corrected chi connectivity index (χ4v) is 0.615. The summed E-state index contributed by atoms with van der Waals surface area (Å²) in [6, 6.07) is 0. The molecule has 0 atom stereocenters. The highest BCUT2D eigenvalue weighted by atomic mass is 16.2. The second kappa shape index (κ2) is 7.79. The van der Waals surface area contributed by atoms with Crippen LogP contribution in [-0.2, 0) is 9.59 Å². The summed E-state index contributed by atoms with van der Waals surface area (Å²) < 4.78 is 0. The SMILES string of the molecule is C=CCNC(=O)C=CC(=O)NCC=C. The minimum Gasteiger partial charge on any atom is -0.349 e. The molecule has 4 nitrogen and oxygen atoms in total. The van der Waals surface area contributed by atoms with Gasteiger partial charge in [-0.3, -0.25) is 9.59 Å². The Labute approximate surface area is 83.4 Å². The minimum absolute atomic E-state index is 0.321. The van der Waals surface area contributed by atoms with Crippen molar-refractivity contribution in [3.8, 4) is 0 Å². The minimum atomic E-state index is -0.321. The van der Waals surface area contributed by atoms with E-state index in [1.807, 2.05) is 0 Å². The summed E-state index contributed by atoms with van der Waals surface area (Å²) in [7, 11) is 0. The van der Waals surface area contributed by atoms with Gasteiger partial charge in [0.25, 0.3) is 0 Å². The number of carbonyl (C=O) groups is 2. The Morgan fingerprint density at radius 3 is 1.57 bits per heavy atom. The van der Waals surface area contributed by atoms with Gasteiger partial charge in [0.05, 0.1) is 0 Å². The fraction of sp³-hybridized carbons (Fsp3) is 0.200. The van der Waals surface area contributed by atoms with Crippen molar-refractivity contribution in [2.75, 3.05) is 13.1 Å². The lowest BCUT2D eigenvalue weighted by Gasteiger charge is -1.96. The van der Waals surface area contributed by atoms with Gasteiger partial charge in [-0.25, -0.2) is 0 Å². The Bertz CT molecular complexity index is 231. The van der Waals surface area contributed by atoms with Crippen molar-refractivity contribution in [3.05, 3.63) is 37.5 Å². The molecule has 0 saturated heterocycles. The molecule has 0 rings (SSSR count). The highest BCUT2D eigenvalue weighted by molar-refractivity contribution is 5.96. The molecule has 0 aromatic rings. The third-order valence-electron chi connectivity index (χ3n) is 1.23. The summed E-state index contributed by atoms with van der Waals surface area (Å²) in [4.78, 5) is 21.9. The predicted molar refractivity (Wildman–Crippen MR) is 55.6 cm³/mol. The molecule has 0 aliphatic heterocycles. The third-order valence-corrected chi connectivity index (χ3v) is 1.23. The van der Waals surface area contributed by atoms with E-state index in [2.05, 4.69) is 23.8 Å². The standard InChI is InChI=1S/C10H14N2O2/c1-3-7-11-9(13)5-6-10(14)12-8-4-2/h3-6H,1-2,7-8H2,(H,11,13)(H,12,14). The molecule has 14 heavy (non-hydrogen) atoms. The van der Waals surface area contributed by atoms with Crippen LogP contribution in [0.1, 0.15) is 0 Å². The first kappa shape index (κ1) is 12.2. The highest BCUT2D eigenvalue weighted by Crippen LogP contribution is 1.75. The summed E-state index contributed by atoms with van der Waals surface area (Å²) in [6.45, 7) is 7.65. The van der Waals surface area contributed by atoms with Crippen molar-refractivity contribution in [1.82, 2.24) is 10.6 Å². The molecule has 0 aliphatic carbocycles. The summed E-state index contributed by atoms with van der Waals surface area (Å²) in [5.74, 6) is -0.641. The summed E-state index contributed by atoms with van der Waals surface area (Å²) in [6.07, 6.45) is 5.46. The molecule has 0 heterocycles. The van der Waals surface area contributed by atoms with Gasteiger partial charge in [0.1, 0.15) is 0 Å². The molecule has 0 fully saturated rings. The van der Waals surface area contributed by atoms with E-state index in [0.29, 0.717) is 13.1 Å². The molecular formula is C10H14N2O2. The van der Waals surface area contributed by atoms with E-state index < -0.39 is 0 Å². The molecule has 2 N–H and O–H groups in total. The molecule has 0 aromatic heterocycles. The number of nitrogens with one attached hydrogen (secondary N) is 2. The zero-order chi connectivity index (χ0) is 10.8. The number of amides is 2. The second-order valence-electron chi connectivity index (χ2n) is 2.40. The van der Waals surface area contributed by atoms with Gasteiger partial charge >= 0.3 is 0 Å². The molecular weight excluding hydrogens is 180 g/mol. The molecule has 2 amide bonds. The molecule has 0 spiro atoms. The lowest BCUT2D eigenvalue weighted by atomic mass is 10.4. The van der Waals surface area contributed by atoms with E-state index in [-0.39, 0.29) is 11.8 Å². The molecule has 0 aliphatic rings. The van der Waals surface area contributed by atoms with Crippen molar-refractivity contribution >= 4 is 11.8 Å². The number of carbonyl (C=O) groups excluding carboxylic acids is 2. The zero-order valence-corrected chi connectivity index (χ0v) is 7.95. The van der Waals surface area contributed by atoms with Crippen LogP contribution in [0.2, 0.25) is 0 Å². The number of hydrogen-bond donors (Lipinski definition) is 2. The van der Waals surface area contributed by atoms with Crippen molar-refractivity contribution in [1.29, 1.82) is 0 Å². The molecule has 0 radical (unpaired) electrons. The maximum Gasteiger partial charge on any atom is 0.244 e. The lowest BCUT2D eigenvalue weighted by molar-refractivity contribution is -0.118. The number of rotatable bonds is 6. The van der Waals surface area contributed by atoms with Gasteiger partial charge in [0.2, 0.25) is 11.8 Å². The van der Waals surface area contributed by atoms with Crippen LogP contribution in [0.3, 0.4) is 0 Å². The average Bonchev–Trinajstić information content (AvgIpc) is 2.20. The number of hydrogen-bond acceptors (Lipinski definition) is 2. The van der Waals surface area contributed by atoms with Crippen LogP contribution in [0.15, 0.2) is 37.5 Å². The van der Waals surface area contributed by atoms with E-state index in [1.165, 1.54) is 12.2 Å². The zero-order valence-electron chi connectivity index (χ0n) is 7.95. The van der Waals surface area contributed by atoms with Crippen LogP contribution in [-0.4, -0.2) is 24.9 Å². The molecule has 0 unspecified atom stereocenters. The van der Waals surface area contributed by atoms with Crippen LogP contribution in [0, 0.1) is 0 Å². The third kappa shape index (κ3) is 6.84. The molecule has 0 bridgehead atoms. The molecule has 0 aromatic carbocycles. The topological polar surface area (TPSA) is 58.2 Å². The Balaban J connectivity index is 3.78. The Morgan fingerprint density at radius 2 is 1.29 bits per heavy atom. The predicted octanol–water partition coefficient (Wildman–Crippen LogP) is 0.147. The first-order valence-electron chi connectivity index (χ1n) is 4.16. The lowest BCUT2D eigenvalue weighted by Crippen LogP contribution is -2.23. The van der Waals surface area contributed by atoms with Crippen LogP contribution >= 0.6 is 0 Å². The molecule has 0 saturated carbocycles. The fourth-order valence-electron chi connectivity index (χ4n) is 0.615. The van der Waals surface area contributed by atoms with Gasteiger partial charge in [-0.2, -0.15) is 0 Å². The first-order valence-corrected chi connectivity index (χ1v) is 4.16. The van der Waals surface area contributed by atoms with E-state index in [0.717, 1.165) is 0 Å². The van der Waals surface area contributed by atoms with Crippen LogP contribution in [0.5, 0.6) is 0 Å². The van der Waals surface area contributed by atoms with Gasteiger partial charge in [0, 0.05) is 25.2 Å². The van der Waals surface area contributed by atoms with Crippen LogP contribution < -0.4 is 10.6 Å². The first-order chi connectivity index (χ1) is 6.70. The quantitative estimate of drug-likeness (QED) is 0.467. The van der Waals surface area contributed by atoms with Crippen LogP contribution in [0.4, 0.5) is 0 Å². The van der Waals surface area contributed by atoms with Crippen molar-refractivity contribution in [2.45, 2.75) is 0 Å². The highest BCUT2D eigenvalue weighted by Gasteiger charge is 1.95. The normalized spacial score (nSPS) is 9.43. The molecule has 4 heteroatoms. The Hall–Kier alpha value is -1.84. The van der Waals surface area contributed by atoms with Gasteiger partial charge in [0.15, 0.2) is 0 Å². The van der Waals surface area contributed by atoms with Crippen molar-refractivity contribution < 1.29 is 9.59 Å². The van der Waals surface area contributed by atoms with Gasteiger partial charge in [-0.05, 0) is 0 Å². The van der Waals surface area contributed by atoms with Gasteiger partial charge in [-0.15, -0.1) is 13.2 Å². The van der Waals surface area contributed by atoms with Crippen molar-refractivity contribution in [2.24, 2.45) is 0 Å². The van der Waals surface area contributed by atoms with Crippen molar-refractivity contribution in [3.63, 3.8) is 0 Å². The van der Waals surface area contributed by atoms with E-state index in [4.69, 9.17) is 0 Å². The summed E-state index contributed by atoms with van der Waals surface area (Å²) >= 11 is 0. The maximum absolute atomic E-state index is 10.9. The molecule has 76 valence electrons. The monoisotopic (exact) mass is 194 g/mol. The van der Waals surface area contributed by atoms with Gasteiger partial charge < -0.3 is 10.6 Å². The largest absolute Gasteiger partial charge is 0.349 e. The van der Waals surface area contributed by atoms with E-state index in [9.17, 15) is 9.59 Å². The second-order valence-corrected chi connectivity index (χ2v) is 2.40. The summed E-state index contributed by atoms with van der Waals surface area (Å²) in [5, 5.41) is 5.00. The van der Waals surface area contributed by atoms with E-state index >= 15 is 0 Å². The summed E-state index contributed by atoms with van der Waals surface area (Å²) in [5.41, 5.74) is 0. The Kier molecular flexibility index (Phi) is 6.77. The van der Waals surface area contributed by atoms with Gasteiger partial charge in [-0.1, -0.05) is 12.2 Å². The average molecular weight is 194 g/mol. The van der Waals surface area contributed by atoms with E-state index in [1.54, 1.807) is 12.2 Å². The smallest absolute Gasteiger partial charge is 0.244 e. The maximum atomic E-state index is 10.9. The Morgan fingerprint density at radius 1 is 0.929 bits per heavy atom. The van der Waals surface area contributed by atoms with Crippen LogP contribution in [0.25, 0.3) is 0 Å².